The molecule has 0 saturated heterocycles. The molecule has 2 N–H and O–H groups in total. The third-order valence-electron chi connectivity index (χ3n) is 2.56. The molecule has 0 radical (unpaired) electrons. The molecule has 1 aromatic carbocycles. The van der Waals surface area contributed by atoms with Crippen LogP contribution in [0.15, 0.2) is 30.5 Å². The van der Waals surface area contributed by atoms with Crippen LogP contribution in [0.25, 0.3) is 10.6 Å². The van der Waals surface area contributed by atoms with Gasteiger partial charge < -0.3 is 5.73 Å². The number of benzene rings is 1. The van der Waals surface area contributed by atoms with E-state index < -0.39 is 0 Å². The zero-order valence-electron chi connectivity index (χ0n) is 9.44. The monoisotopic (exact) mass is 232 g/mol. The van der Waals surface area contributed by atoms with Gasteiger partial charge in [-0.25, -0.2) is 4.98 Å². The Kier molecular flexibility index (Phi) is 3.70. The third-order valence-corrected chi connectivity index (χ3v) is 3.65. The number of aromatic nitrogens is 1. The Morgan fingerprint density at radius 2 is 2.12 bits per heavy atom. The lowest BCUT2D eigenvalue weighted by Crippen LogP contribution is -1.99. The quantitative estimate of drug-likeness (QED) is 0.880. The van der Waals surface area contributed by atoms with Crippen LogP contribution in [0.2, 0.25) is 0 Å². The van der Waals surface area contributed by atoms with E-state index in [1.54, 1.807) is 11.3 Å². The minimum Gasteiger partial charge on any atom is -0.330 e. The average molecular weight is 232 g/mol. The number of thiazole rings is 1. The van der Waals surface area contributed by atoms with E-state index in [4.69, 9.17) is 5.73 Å². The van der Waals surface area contributed by atoms with Crippen molar-refractivity contribution in [2.24, 2.45) is 5.73 Å². The molecule has 3 heteroatoms. The highest BCUT2D eigenvalue weighted by atomic mass is 32.1. The maximum absolute atomic E-state index is 5.50. The zero-order chi connectivity index (χ0) is 11.4. The van der Waals surface area contributed by atoms with E-state index in [9.17, 15) is 0 Å². The van der Waals surface area contributed by atoms with Gasteiger partial charge in [-0.3, -0.25) is 0 Å². The van der Waals surface area contributed by atoms with Gasteiger partial charge in [0, 0.05) is 16.6 Å². The number of nitrogens with zero attached hydrogens (tertiary/aromatic N) is 1. The Hall–Kier alpha value is -1.19. The Balaban J connectivity index is 2.22. The Bertz CT molecular complexity index is 462. The van der Waals surface area contributed by atoms with Crippen molar-refractivity contribution in [1.29, 1.82) is 0 Å². The van der Waals surface area contributed by atoms with E-state index in [-0.39, 0.29) is 0 Å². The largest absolute Gasteiger partial charge is 0.330 e. The second kappa shape index (κ2) is 5.23. The van der Waals surface area contributed by atoms with E-state index in [2.05, 4.69) is 36.2 Å². The van der Waals surface area contributed by atoms with Gasteiger partial charge in [-0.2, -0.15) is 0 Å². The highest BCUT2D eigenvalue weighted by Crippen LogP contribution is 2.28. The van der Waals surface area contributed by atoms with Gasteiger partial charge in [-0.15, -0.1) is 11.3 Å². The molecule has 0 aliphatic rings. The number of rotatable bonds is 4. The fraction of sp³-hybridized carbons (Fsp3) is 0.308. The van der Waals surface area contributed by atoms with Gasteiger partial charge in [0.25, 0.3) is 0 Å². The second-order valence-electron chi connectivity index (χ2n) is 3.84. The average Bonchev–Trinajstić information content (AvgIpc) is 2.75. The van der Waals surface area contributed by atoms with Gasteiger partial charge in [-0.05, 0) is 31.9 Å². The molecular formula is C13H16N2S. The van der Waals surface area contributed by atoms with Gasteiger partial charge >= 0.3 is 0 Å². The summed E-state index contributed by atoms with van der Waals surface area (Å²) in [6.07, 6.45) is 4.05. The van der Waals surface area contributed by atoms with Crippen LogP contribution < -0.4 is 5.73 Å². The summed E-state index contributed by atoms with van der Waals surface area (Å²) in [6.45, 7) is 2.87. The minimum absolute atomic E-state index is 0.748. The summed E-state index contributed by atoms with van der Waals surface area (Å²) >= 11 is 1.77. The molecule has 2 aromatic rings. The first-order valence-corrected chi connectivity index (χ1v) is 6.33. The van der Waals surface area contributed by atoms with E-state index in [0.717, 1.165) is 24.4 Å². The van der Waals surface area contributed by atoms with Crippen molar-refractivity contribution >= 4 is 11.3 Å². The molecular weight excluding hydrogens is 216 g/mol. The molecule has 0 amide bonds. The molecule has 0 unspecified atom stereocenters. The lowest BCUT2D eigenvalue weighted by Gasteiger charge is -2.00. The van der Waals surface area contributed by atoms with Gasteiger partial charge in [0.05, 0.1) is 0 Å². The fourth-order valence-electron chi connectivity index (χ4n) is 1.64. The standard InChI is InChI=1S/C13H16N2S/c1-10-5-2-3-7-12(10)13-15-9-11(16-13)6-4-8-14/h2-3,5,7,9H,4,6,8,14H2,1H3. The first-order chi connectivity index (χ1) is 7.81. The first kappa shape index (κ1) is 11.3. The summed E-state index contributed by atoms with van der Waals surface area (Å²) in [5.74, 6) is 0. The Labute approximate surface area is 100 Å². The van der Waals surface area contributed by atoms with Crippen molar-refractivity contribution in [3.63, 3.8) is 0 Å². The Morgan fingerprint density at radius 1 is 1.31 bits per heavy atom. The molecule has 0 aliphatic carbocycles. The van der Waals surface area contributed by atoms with Crippen LogP contribution in [-0.2, 0) is 6.42 Å². The van der Waals surface area contributed by atoms with Crippen LogP contribution in [0.4, 0.5) is 0 Å². The summed E-state index contributed by atoms with van der Waals surface area (Å²) in [5, 5.41) is 1.12. The topological polar surface area (TPSA) is 38.9 Å². The van der Waals surface area contributed by atoms with Crippen molar-refractivity contribution in [3.8, 4) is 10.6 Å². The van der Waals surface area contributed by atoms with Crippen LogP contribution in [-0.4, -0.2) is 11.5 Å². The van der Waals surface area contributed by atoms with Gasteiger partial charge in [-0.1, -0.05) is 24.3 Å². The van der Waals surface area contributed by atoms with Gasteiger partial charge in [0.2, 0.25) is 0 Å². The minimum atomic E-state index is 0.748. The van der Waals surface area contributed by atoms with Crippen LogP contribution in [0, 0.1) is 6.92 Å². The maximum atomic E-state index is 5.50. The second-order valence-corrected chi connectivity index (χ2v) is 4.95. The smallest absolute Gasteiger partial charge is 0.123 e. The number of hydrogen-bond donors (Lipinski definition) is 1. The van der Waals surface area contributed by atoms with Gasteiger partial charge in [0.15, 0.2) is 0 Å². The predicted octanol–water partition coefficient (Wildman–Crippen LogP) is 3.01. The first-order valence-electron chi connectivity index (χ1n) is 5.52. The molecule has 2 rings (SSSR count). The van der Waals surface area contributed by atoms with Crippen LogP contribution >= 0.6 is 11.3 Å². The summed E-state index contributed by atoms with van der Waals surface area (Å²) in [6, 6.07) is 8.36. The zero-order valence-corrected chi connectivity index (χ0v) is 10.3. The number of hydrogen-bond acceptors (Lipinski definition) is 3. The molecule has 0 saturated carbocycles. The van der Waals surface area contributed by atoms with Gasteiger partial charge in [0.1, 0.15) is 5.01 Å². The fourth-order valence-corrected chi connectivity index (χ4v) is 2.68. The van der Waals surface area contributed by atoms with E-state index in [1.807, 2.05) is 6.20 Å². The summed E-state index contributed by atoms with van der Waals surface area (Å²) in [7, 11) is 0. The molecule has 0 bridgehead atoms. The lowest BCUT2D eigenvalue weighted by atomic mass is 10.1. The van der Waals surface area contributed by atoms with E-state index in [0.29, 0.717) is 0 Å². The van der Waals surface area contributed by atoms with Crippen molar-refractivity contribution < 1.29 is 0 Å². The van der Waals surface area contributed by atoms with Crippen LogP contribution in [0.1, 0.15) is 16.9 Å². The molecule has 1 heterocycles. The molecule has 16 heavy (non-hydrogen) atoms. The van der Waals surface area contributed by atoms with Crippen molar-refractivity contribution in [2.45, 2.75) is 19.8 Å². The summed E-state index contributed by atoms with van der Waals surface area (Å²) < 4.78 is 0. The number of nitrogens with two attached hydrogens (primary N) is 1. The molecule has 0 spiro atoms. The van der Waals surface area contributed by atoms with E-state index >= 15 is 0 Å². The Morgan fingerprint density at radius 3 is 2.88 bits per heavy atom. The summed E-state index contributed by atoms with van der Waals surface area (Å²) in [4.78, 5) is 5.80. The van der Waals surface area contributed by atoms with Crippen molar-refractivity contribution in [3.05, 3.63) is 40.9 Å². The lowest BCUT2D eigenvalue weighted by molar-refractivity contribution is 0.841. The molecule has 84 valence electrons. The number of aryl methyl sites for hydroxylation is 2. The predicted molar refractivity (Wildman–Crippen MR) is 69.7 cm³/mol. The molecule has 2 nitrogen and oxygen atoms in total. The van der Waals surface area contributed by atoms with Crippen molar-refractivity contribution in [2.75, 3.05) is 6.54 Å². The molecule has 0 atom stereocenters. The maximum Gasteiger partial charge on any atom is 0.123 e. The highest BCUT2D eigenvalue weighted by molar-refractivity contribution is 7.15. The molecule has 0 fully saturated rings. The van der Waals surface area contributed by atoms with Crippen LogP contribution in [0.3, 0.4) is 0 Å². The van der Waals surface area contributed by atoms with Crippen molar-refractivity contribution in [1.82, 2.24) is 4.98 Å². The molecule has 1 aromatic heterocycles. The normalized spacial score (nSPS) is 10.6. The highest BCUT2D eigenvalue weighted by Gasteiger charge is 2.06. The van der Waals surface area contributed by atoms with E-state index in [1.165, 1.54) is 16.0 Å². The summed E-state index contributed by atoms with van der Waals surface area (Å²) in [5.41, 5.74) is 8.02. The van der Waals surface area contributed by atoms with Crippen LogP contribution in [0.5, 0.6) is 0 Å². The third kappa shape index (κ3) is 2.49. The SMILES string of the molecule is Cc1ccccc1-c1ncc(CCCN)s1. The molecule has 0 aliphatic heterocycles.